The van der Waals surface area contributed by atoms with Crippen molar-refractivity contribution in [3.8, 4) is 29.0 Å². The third-order valence-electron chi connectivity index (χ3n) is 6.07. The Balaban J connectivity index is 1.71. The fourth-order valence-electron chi connectivity index (χ4n) is 4.80. The molecule has 0 fully saturated rings. The van der Waals surface area contributed by atoms with Crippen LogP contribution in [0, 0.1) is 22.7 Å². The van der Waals surface area contributed by atoms with Gasteiger partial charge in [-0.15, -0.1) is 0 Å². The zero-order chi connectivity index (χ0) is 20.9. The maximum atomic E-state index is 9.64. The van der Waals surface area contributed by atoms with Crippen LogP contribution in [0.1, 0.15) is 11.1 Å². The van der Waals surface area contributed by atoms with E-state index in [2.05, 4.69) is 83.4 Å². The molecular weight excluding hydrogens is 378 g/mol. The van der Waals surface area contributed by atoms with Gasteiger partial charge in [-0.25, -0.2) is 0 Å². The lowest BCUT2D eigenvalue weighted by Crippen LogP contribution is -1.95. The summed E-state index contributed by atoms with van der Waals surface area (Å²) in [6, 6.07) is 35.3. The summed E-state index contributed by atoms with van der Waals surface area (Å²) in [5.41, 5.74) is 8.12. The van der Waals surface area contributed by atoms with Crippen molar-refractivity contribution >= 4 is 27.4 Å². The third-order valence-corrected chi connectivity index (χ3v) is 6.07. The lowest BCUT2D eigenvalue weighted by atomic mass is 9.99. The minimum absolute atomic E-state index is 0.144. The number of nitriles is 2. The van der Waals surface area contributed by atoms with Crippen LogP contribution in [0.3, 0.4) is 0 Å². The number of rotatable bonds is 1. The van der Waals surface area contributed by atoms with Crippen molar-refractivity contribution in [1.82, 2.24) is 4.57 Å². The molecule has 1 aliphatic carbocycles. The van der Waals surface area contributed by atoms with Gasteiger partial charge in [-0.05, 0) is 46.5 Å². The molecule has 0 N–H and O–H groups in total. The summed E-state index contributed by atoms with van der Waals surface area (Å²) in [6.07, 6.45) is 0. The molecular formula is C28H15N3. The number of fused-ring (bicyclic) bond motifs is 6. The van der Waals surface area contributed by atoms with Crippen molar-refractivity contribution in [1.29, 1.82) is 10.5 Å². The first kappa shape index (κ1) is 17.3. The van der Waals surface area contributed by atoms with E-state index in [1.165, 1.54) is 10.8 Å². The Kier molecular flexibility index (Phi) is 3.60. The highest BCUT2D eigenvalue weighted by Gasteiger charge is 2.27. The fourth-order valence-corrected chi connectivity index (χ4v) is 4.80. The van der Waals surface area contributed by atoms with Crippen LogP contribution < -0.4 is 0 Å². The summed E-state index contributed by atoms with van der Waals surface area (Å²) in [5, 5.41) is 21.7. The van der Waals surface area contributed by atoms with Crippen molar-refractivity contribution in [3.63, 3.8) is 0 Å². The summed E-state index contributed by atoms with van der Waals surface area (Å²) >= 11 is 0. The van der Waals surface area contributed by atoms with Gasteiger partial charge >= 0.3 is 0 Å². The molecule has 3 heteroatoms. The van der Waals surface area contributed by atoms with E-state index in [1.54, 1.807) is 0 Å². The second kappa shape index (κ2) is 6.46. The molecule has 6 rings (SSSR count). The Morgan fingerprint density at radius 2 is 1.13 bits per heavy atom. The summed E-state index contributed by atoms with van der Waals surface area (Å²) in [4.78, 5) is 0. The largest absolute Gasteiger partial charge is 0.309 e. The molecule has 3 nitrogen and oxygen atoms in total. The van der Waals surface area contributed by atoms with Crippen molar-refractivity contribution in [2.45, 2.75) is 0 Å². The van der Waals surface area contributed by atoms with E-state index in [0.717, 1.165) is 44.5 Å². The van der Waals surface area contributed by atoms with Gasteiger partial charge in [0, 0.05) is 22.0 Å². The maximum absolute atomic E-state index is 9.64. The Morgan fingerprint density at radius 3 is 1.77 bits per heavy atom. The van der Waals surface area contributed by atoms with Gasteiger partial charge < -0.3 is 4.57 Å². The lowest BCUT2D eigenvalue weighted by molar-refractivity contribution is 1.18. The van der Waals surface area contributed by atoms with Crippen LogP contribution >= 0.6 is 0 Å². The molecule has 5 aromatic rings. The maximum Gasteiger partial charge on any atom is 0.138 e. The van der Waals surface area contributed by atoms with Crippen LogP contribution in [0.15, 0.2) is 96.6 Å². The van der Waals surface area contributed by atoms with Gasteiger partial charge in [0.25, 0.3) is 0 Å². The minimum atomic E-state index is 0.144. The molecule has 4 aromatic carbocycles. The molecule has 0 spiro atoms. The van der Waals surface area contributed by atoms with Crippen LogP contribution in [0.5, 0.6) is 0 Å². The van der Waals surface area contributed by atoms with Crippen LogP contribution in [-0.2, 0) is 0 Å². The van der Waals surface area contributed by atoms with Gasteiger partial charge in [0.15, 0.2) is 0 Å². The first-order valence-electron chi connectivity index (χ1n) is 10.1. The molecule has 0 unspecified atom stereocenters. The Labute approximate surface area is 179 Å². The van der Waals surface area contributed by atoms with Crippen LogP contribution in [0.25, 0.3) is 44.2 Å². The molecule has 1 aromatic heterocycles. The molecule has 0 radical (unpaired) electrons. The van der Waals surface area contributed by atoms with Gasteiger partial charge in [0.2, 0.25) is 0 Å². The van der Waals surface area contributed by atoms with E-state index >= 15 is 0 Å². The number of nitrogens with zero attached hydrogens (tertiary/aromatic N) is 3. The molecule has 0 aliphatic heterocycles. The molecule has 0 saturated heterocycles. The highest BCUT2D eigenvalue weighted by atomic mass is 15.0. The van der Waals surface area contributed by atoms with E-state index < -0.39 is 0 Å². The van der Waals surface area contributed by atoms with Gasteiger partial charge in [-0.3, -0.25) is 0 Å². The minimum Gasteiger partial charge on any atom is -0.309 e. The van der Waals surface area contributed by atoms with Crippen molar-refractivity contribution in [3.05, 3.63) is 108 Å². The predicted molar refractivity (Wildman–Crippen MR) is 123 cm³/mol. The fraction of sp³-hybridized carbons (Fsp3) is 0. The van der Waals surface area contributed by atoms with E-state index in [0.29, 0.717) is 0 Å². The van der Waals surface area contributed by atoms with Crippen molar-refractivity contribution in [2.75, 3.05) is 0 Å². The van der Waals surface area contributed by atoms with Gasteiger partial charge in [-0.2, -0.15) is 10.5 Å². The van der Waals surface area contributed by atoms with Gasteiger partial charge in [0.05, 0.1) is 11.0 Å². The average molecular weight is 393 g/mol. The highest BCUT2D eigenvalue weighted by Crippen LogP contribution is 2.46. The normalized spacial score (nSPS) is 11.7. The quantitative estimate of drug-likeness (QED) is 0.295. The lowest BCUT2D eigenvalue weighted by Gasteiger charge is -2.11. The molecule has 0 bridgehead atoms. The zero-order valence-electron chi connectivity index (χ0n) is 16.5. The number of aromatic nitrogens is 1. The number of hydrogen-bond donors (Lipinski definition) is 0. The van der Waals surface area contributed by atoms with Gasteiger partial charge in [0.1, 0.15) is 17.7 Å². The number of benzene rings is 4. The van der Waals surface area contributed by atoms with E-state index in [1.807, 2.05) is 24.3 Å². The average Bonchev–Trinajstić information content (AvgIpc) is 3.33. The van der Waals surface area contributed by atoms with Gasteiger partial charge in [-0.1, -0.05) is 66.7 Å². The Morgan fingerprint density at radius 1 is 0.581 bits per heavy atom. The number of allylic oxidation sites excluding steroid dienone is 1. The van der Waals surface area contributed by atoms with Crippen molar-refractivity contribution < 1.29 is 0 Å². The molecule has 1 aliphatic rings. The molecule has 0 atom stereocenters. The second-order valence-electron chi connectivity index (χ2n) is 7.62. The summed E-state index contributed by atoms with van der Waals surface area (Å²) in [6.45, 7) is 0. The zero-order valence-corrected chi connectivity index (χ0v) is 16.5. The summed E-state index contributed by atoms with van der Waals surface area (Å²) in [7, 11) is 0. The van der Waals surface area contributed by atoms with Crippen LogP contribution in [0.4, 0.5) is 0 Å². The Bertz CT molecular complexity index is 1580. The highest BCUT2D eigenvalue weighted by molar-refractivity contribution is 6.10. The second-order valence-corrected chi connectivity index (χ2v) is 7.62. The molecule has 142 valence electrons. The first-order chi connectivity index (χ1) is 15.3. The summed E-state index contributed by atoms with van der Waals surface area (Å²) < 4.78 is 2.25. The first-order valence-corrected chi connectivity index (χ1v) is 10.1. The molecule has 0 saturated carbocycles. The van der Waals surface area contributed by atoms with E-state index in [-0.39, 0.29) is 5.57 Å². The van der Waals surface area contributed by atoms with Crippen LogP contribution in [0.2, 0.25) is 0 Å². The van der Waals surface area contributed by atoms with Crippen LogP contribution in [-0.4, -0.2) is 4.57 Å². The van der Waals surface area contributed by atoms with Crippen molar-refractivity contribution in [2.24, 2.45) is 0 Å². The third kappa shape index (κ3) is 2.32. The van der Waals surface area contributed by atoms with E-state index in [4.69, 9.17) is 0 Å². The monoisotopic (exact) mass is 393 g/mol. The van der Waals surface area contributed by atoms with E-state index in [9.17, 15) is 10.5 Å². The number of para-hydroxylation sites is 2. The molecule has 0 amide bonds. The molecule has 1 heterocycles. The summed E-state index contributed by atoms with van der Waals surface area (Å²) in [5.74, 6) is 0. The standard InChI is InChI=1S/C28H15N3/c29-16-18(17-30)28-24-10-2-1-7-20(24)21-14-13-19(15-25(21)28)31-26-11-5-3-8-22(26)23-9-4-6-12-27(23)31/h1-15H. The topological polar surface area (TPSA) is 52.5 Å². The number of hydrogen-bond acceptors (Lipinski definition) is 2. The predicted octanol–water partition coefficient (Wildman–Crippen LogP) is 6.61. The SMILES string of the molecule is N#CC(C#N)=C1c2ccccc2-c2ccc(-n3c4ccccc4c4ccccc43)cc21. The molecule has 31 heavy (non-hydrogen) atoms. The smallest absolute Gasteiger partial charge is 0.138 e. The Hall–Kier alpha value is -4.60.